The molecule has 4 heteroatoms. The standard InChI is InChI=1S/C10H12ClNO2/c1-2-5-14-10-4-3-8(12-7-13)6-9(10)11/h3-4,6-7H,2,5H2,1H3,(H,12,13). The number of carbonyl (C=O) groups excluding carboxylic acids is 1. The van der Waals surface area contributed by atoms with Crippen molar-refractivity contribution in [2.45, 2.75) is 13.3 Å². The lowest BCUT2D eigenvalue weighted by Crippen LogP contribution is -1.97. The summed E-state index contributed by atoms with van der Waals surface area (Å²) in [5.74, 6) is 0.643. The van der Waals surface area contributed by atoms with Crippen molar-refractivity contribution in [3.8, 4) is 5.75 Å². The van der Waals surface area contributed by atoms with E-state index in [-0.39, 0.29) is 0 Å². The second kappa shape index (κ2) is 5.50. The molecule has 0 heterocycles. The number of carbonyl (C=O) groups is 1. The van der Waals surface area contributed by atoms with Gasteiger partial charge in [0.25, 0.3) is 0 Å². The van der Waals surface area contributed by atoms with Crippen molar-refractivity contribution in [2.75, 3.05) is 11.9 Å². The van der Waals surface area contributed by atoms with Crippen molar-refractivity contribution in [3.63, 3.8) is 0 Å². The third-order valence-corrected chi connectivity index (χ3v) is 1.91. The lowest BCUT2D eigenvalue weighted by molar-refractivity contribution is -0.105. The zero-order valence-corrected chi connectivity index (χ0v) is 8.67. The molecule has 1 N–H and O–H groups in total. The van der Waals surface area contributed by atoms with Crippen LogP contribution in [-0.4, -0.2) is 13.0 Å². The van der Waals surface area contributed by atoms with Crippen molar-refractivity contribution < 1.29 is 9.53 Å². The molecule has 1 rings (SSSR count). The Balaban J connectivity index is 2.73. The van der Waals surface area contributed by atoms with Crippen LogP contribution in [0, 0.1) is 0 Å². The Hall–Kier alpha value is -1.22. The molecular formula is C10H12ClNO2. The summed E-state index contributed by atoms with van der Waals surface area (Å²) < 4.78 is 5.37. The van der Waals surface area contributed by atoms with Gasteiger partial charge >= 0.3 is 0 Å². The van der Waals surface area contributed by atoms with Crippen molar-refractivity contribution in [2.24, 2.45) is 0 Å². The van der Waals surface area contributed by atoms with Gasteiger partial charge in [0.15, 0.2) is 0 Å². The number of nitrogens with one attached hydrogen (secondary N) is 1. The monoisotopic (exact) mass is 213 g/mol. The molecule has 3 nitrogen and oxygen atoms in total. The number of hydrogen-bond donors (Lipinski definition) is 1. The van der Waals surface area contributed by atoms with Gasteiger partial charge in [0.05, 0.1) is 11.6 Å². The van der Waals surface area contributed by atoms with Gasteiger partial charge in [-0.3, -0.25) is 4.79 Å². The lowest BCUT2D eigenvalue weighted by Gasteiger charge is -2.07. The highest BCUT2D eigenvalue weighted by atomic mass is 35.5. The van der Waals surface area contributed by atoms with E-state index >= 15 is 0 Å². The van der Waals surface area contributed by atoms with Gasteiger partial charge in [-0.2, -0.15) is 0 Å². The summed E-state index contributed by atoms with van der Waals surface area (Å²) in [4.78, 5) is 10.2. The van der Waals surface area contributed by atoms with Crippen molar-refractivity contribution in [3.05, 3.63) is 23.2 Å². The summed E-state index contributed by atoms with van der Waals surface area (Å²) >= 11 is 5.92. The normalized spacial score (nSPS) is 9.57. The molecular weight excluding hydrogens is 202 g/mol. The summed E-state index contributed by atoms with van der Waals surface area (Å²) in [5, 5.41) is 3.02. The van der Waals surface area contributed by atoms with Crippen molar-refractivity contribution in [1.82, 2.24) is 0 Å². The summed E-state index contributed by atoms with van der Waals surface area (Å²) in [6, 6.07) is 5.13. The molecule has 1 aromatic carbocycles. The zero-order chi connectivity index (χ0) is 10.4. The molecule has 0 bridgehead atoms. The number of benzene rings is 1. The first kappa shape index (κ1) is 10.9. The van der Waals surface area contributed by atoms with Gasteiger partial charge in [-0.15, -0.1) is 0 Å². The molecule has 1 aromatic rings. The topological polar surface area (TPSA) is 38.3 Å². The van der Waals surface area contributed by atoms with E-state index in [0.29, 0.717) is 29.5 Å². The summed E-state index contributed by atoms with van der Waals surface area (Å²) in [7, 11) is 0. The summed E-state index contributed by atoms with van der Waals surface area (Å²) in [6.07, 6.45) is 1.54. The van der Waals surface area contributed by atoms with E-state index in [4.69, 9.17) is 16.3 Å². The summed E-state index contributed by atoms with van der Waals surface area (Å²) in [5.41, 5.74) is 0.661. The minimum absolute atomic E-state index is 0.505. The fourth-order valence-corrected chi connectivity index (χ4v) is 1.22. The van der Waals surface area contributed by atoms with Crippen LogP contribution in [-0.2, 0) is 4.79 Å². The Labute approximate surface area is 88.0 Å². The number of anilines is 1. The van der Waals surface area contributed by atoms with Crippen LogP contribution in [0.3, 0.4) is 0 Å². The molecule has 0 spiro atoms. The largest absolute Gasteiger partial charge is 0.492 e. The molecule has 0 saturated carbocycles. The highest BCUT2D eigenvalue weighted by Crippen LogP contribution is 2.27. The zero-order valence-electron chi connectivity index (χ0n) is 7.92. The molecule has 0 aromatic heterocycles. The SMILES string of the molecule is CCCOc1ccc(NC=O)cc1Cl. The number of amides is 1. The smallest absolute Gasteiger partial charge is 0.211 e. The molecule has 0 aliphatic carbocycles. The van der Waals surface area contributed by atoms with Crippen LogP contribution in [0.15, 0.2) is 18.2 Å². The van der Waals surface area contributed by atoms with E-state index in [1.807, 2.05) is 6.92 Å². The maximum absolute atomic E-state index is 10.2. The van der Waals surface area contributed by atoms with Crippen molar-refractivity contribution in [1.29, 1.82) is 0 Å². The highest BCUT2D eigenvalue weighted by molar-refractivity contribution is 6.32. The van der Waals surface area contributed by atoms with Crippen LogP contribution in [0.1, 0.15) is 13.3 Å². The molecule has 0 unspecified atom stereocenters. The minimum atomic E-state index is 0.505. The Morgan fingerprint density at radius 2 is 2.36 bits per heavy atom. The highest BCUT2D eigenvalue weighted by Gasteiger charge is 2.01. The molecule has 0 radical (unpaired) electrons. The van der Waals surface area contributed by atoms with Crippen LogP contribution in [0.4, 0.5) is 5.69 Å². The molecule has 0 saturated heterocycles. The van der Waals surface area contributed by atoms with Gasteiger partial charge in [-0.1, -0.05) is 18.5 Å². The van der Waals surface area contributed by atoms with Gasteiger partial charge in [-0.25, -0.2) is 0 Å². The van der Waals surface area contributed by atoms with Gasteiger partial charge in [-0.05, 0) is 24.6 Å². The fourth-order valence-electron chi connectivity index (χ4n) is 0.988. The first-order chi connectivity index (χ1) is 6.77. The molecule has 0 aliphatic rings. The van der Waals surface area contributed by atoms with E-state index in [1.165, 1.54) is 0 Å². The molecule has 76 valence electrons. The Kier molecular flexibility index (Phi) is 4.26. The number of ether oxygens (including phenoxy) is 1. The Morgan fingerprint density at radius 3 is 2.93 bits per heavy atom. The van der Waals surface area contributed by atoms with Crippen LogP contribution < -0.4 is 10.1 Å². The van der Waals surface area contributed by atoms with E-state index in [1.54, 1.807) is 18.2 Å². The van der Waals surface area contributed by atoms with Gasteiger partial charge in [0, 0.05) is 5.69 Å². The Morgan fingerprint density at radius 1 is 1.57 bits per heavy atom. The third-order valence-electron chi connectivity index (χ3n) is 1.62. The molecule has 0 fully saturated rings. The first-order valence-corrected chi connectivity index (χ1v) is 4.78. The average molecular weight is 214 g/mol. The molecule has 14 heavy (non-hydrogen) atoms. The maximum Gasteiger partial charge on any atom is 0.211 e. The van der Waals surface area contributed by atoms with Gasteiger partial charge in [0.1, 0.15) is 5.75 Å². The van der Waals surface area contributed by atoms with E-state index in [9.17, 15) is 4.79 Å². The second-order valence-electron chi connectivity index (χ2n) is 2.76. The predicted molar refractivity (Wildman–Crippen MR) is 56.9 cm³/mol. The van der Waals surface area contributed by atoms with Crippen LogP contribution in [0.25, 0.3) is 0 Å². The second-order valence-corrected chi connectivity index (χ2v) is 3.16. The molecule has 0 aliphatic heterocycles. The van der Waals surface area contributed by atoms with E-state index in [2.05, 4.69) is 5.32 Å². The number of hydrogen-bond acceptors (Lipinski definition) is 2. The predicted octanol–water partition coefficient (Wildman–Crippen LogP) is 2.70. The third kappa shape index (κ3) is 2.92. The van der Waals surface area contributed by atoms with Crippen LogP contribution >= 0.6 is 11.6 Å². The quantitative estimate of drug-likeness (QED) is 0.764. The van der Waals surface area contributed by atoms with Crippen molar-refractivity contribution >= 4 is 23.7 Å². The fraction of sp³-hybridized carbons (Fsp3) is 0.300. The average Bonchev–Trinajstić information content (AvgIpc) is 2.17. The van der Waals surface area contributed by atoms with E-state index < -0.39 is 0 Å². The molecule has 1 amide bonds. The van der Waals surface area contributed by atoms with Gasteiger partial charge < -0.3 is 10.1 Å². The maximum atomic E-state index is 10.2. The van der Waals surface area contributed by atoms with Crippen LogP contribution in [0.5, 0.6) is 5.75 Å². The van der Waals surface area contributed by atoms with Gasteiger partial charge in [0.2, 0.25) is 6.41 Å². The summed E-state index contributed by atoms with van der Waals surface area (Å²) in [6.45, 7) is 2.66. The number of halogens is 1. The minimum Gasteiger partial charge on any atom is -0.492 e. The lowest BCUT2D eigenvalue weighted by atomic mass is 10.3. The Bertz CT molecular complexity index is 315. The first-order valence-electron chi connectivity index (χ1n) is 4.40. The number of rotatable bonds is 5. The molecule has 0 atom stereocenters. The van der Waals surface area contributed by atoms with Crippen LogP contribution in [0.2, 0.25) is 5.02 Å². The van der Waals surface area contributed by atoms with E-state index in [0.717, 1.165) is 6.42 Å².